The molecule has 342 valence electrons. The number of rotatable bonds is 8. The number of benzene rings is 6. The van der Waals surface area contributed by atoms with Crippen molar-refractivity contribution in [3.8, 4) is 23.0 Å². The van der Waals surface area contributed by atoms with E-state index >= 15 is 0 Å². The first-order valence-corrected chi connectivity index (χ1v) is 21.3. The predicted octanol–water partition coefficient (Wildman–Crippen LogP) is 6.25. The molecule has 0 saturated carbocycles. The molecular weight excluding hydrogens is 993 g/mol. The number of nitro groups is 2. The summed E-state index contributed by atoms with van der Waals surface area (Å²) in [5.74, 6) is -1.26. The topological polar surface area (TPSA) is 428 Å². The van der Waals surface area contributed by atoms with Crippen molar-refractivity contribution in [1.82, 2.24) is 0 Å². The minimum absolute atomic E-state index is 0. The van der Waals surface area contributed by atoms with Crippen LogP contribution < -0.4 is 0 Å². The second-order valence-electron chi connectivity index (χ2n) is 12.2. The second kappa shape index (κ2) is 22.3. The van der Waals surface area contributed by atoms with Crippen LogP contribution in [0.1, 0.15) is 11.1 Å². The van der Waals surface area contributed by atoms with Crippen molar-refractivity contribution >= 4 is 97.1 Å². The number of aryl methyl sites for hydroxylation is 2. The summed E-state index contributed by atoms with van der Waals surface area (Å²) in [4.78, 5) is 19.7. The van der Waals surface area contributed by atoms with Crippen molar-refractivity contribution in [2.75, 3.05) is 0 Å². The van der Waals surface area contributed by atoms with Gasteiger partial charge in [-0.3, -0.25) is 29.3 Å². The Balaban J connectivity index is 0.000000378. The van der Waals surface area contributed by atoms with E-state index in [-0.39, 0.29) is 84.3 Å². The van der Waals surface area contributed by atoms with Gasteiger partial charge in [0.25, 0.3) is 31.6 Å². The van der Waals surface area contributed by atoms with Crippen LogP contribution in [0.4, 0.5) is 34.1 Å². The fourth-order valence-electron chi connectivity index (χ4n) is 5.31. The van der Waals surface area contributed by atoms with Crippen LogP contribution in [-0.4, -0.2) is 81.5 Å². The van der Waals surface area contributed by atoms with Crippen molar-refractivity contribution in [3.63, 3.8) is 0 Å². The Kier molecular flexibility index (Phi) is 18.5. The van der Waals surface area contributed by atoms with E-state index in [0.29, 0.717) is 32.7 Å². The minimum atomic E-state index is -4.41. The molecule has 0 radical (unpaired) electrons. The summed E-state index contributed by atoms with van der Waals surface area (Å²) < 4.78 is 114. The van der Waals surface area contributed by atoms with Crippen LogP contribution >= 0.6 is 0 Å². The number of nitrogens with zero attached hydrogens (tertiary/aromatic N) is 6. The molecule has 31 heteroatoms. The molecule has 6 rings (SSSR count). The molecule has 0 aliphatic rings. The molecule has 0 unspecified atom stereocenters. The molecule has 0 fully saturated rings. The third-order valence-electron chi connectivity index (χ3n) is 7.95. The SMILES string of the molecule is Cc1cc(S(=O)(=O)O)cc2ccc(N=Nc3cc([N+](=O)[O-])ccc3O)c(O)c12.Cc1cc(S(=O)(=O)O)cc2ccc(N=Nc3cc([N+](=O)[O-])ccc3O)c(O)c12.O=S(=O)=O.O=S(=O)=O.[Cr]. The van der Waals surface area contributed by atoms with Crippen molar-refractivity contribution < 1.29 is 98.8 Å². The van der Waals surface area contributed by atoms with Gasteiger partial charge < -0.3 is 20.4 Å². The van der Waals surface area contributed by atoms with Crippen molar-refractivity contribution in [2.45, 2.75) is 23.6 Å². The van der Waals surface area contributed by atoms with Crippen molar-refractivity contribution in [3.05, 3.63) is 116 Å². The number of non-ortho nitro benzene ring substituents is 2. The fraction of sp³-hybridized carbons (Fsp3) is 0.0588. The summed E-state index contributed by atoms with van der Waals surface area (Å²) in [5.41, 5.74) is -0.150. The molecule has 65 heavy (non-hydrogen) atoms. The Hall–Kier alpha value is -7.37. The van der Waals surface area contributed by atoms with E-state index in [1.807, 2.05) is 0 Å². The number of hydrogen-bond acceptors (Lipinski definition) is 22. The first-order valence-electron chi connectivity index (χ1n) is 16.4. The van der Waals surface area contributed by atoms with Gasteiger partial charge in [-0.2, -0.15) is 16.8 Å². The Morgan fingerprint density at radius 1 is 0.492 bits per heavy atom. The zero-order valence-electron chi connectivity index (χ0n) is 32.2. The van der Waals surface area contributed by atoms with Crippen LogP contribution in [0.5, 0.6) is 23.0 Å². The van der Waals surface area contributed by atoms with Gasteiger partial charge in [0.15, 0.2) is 11.5 Å². The minimum Gasteiger partial charge on any atom is -0.506 e. The molecule has 0 aromatic heterocycles. The first-order chi connectivity index (χ1) is 29.6. The summed E-state index contributed by atoms with van der Waals surface area (Å²) in [6.45, 7) is 3.09. The number of phenolic OH excluding ortho intramolecular Hbond substituents is 4. The monoisotopic (exact) mass is 1020 g/mol. The van der Waals surface area contributed by atoms with Gasteiger partial charge in [0.1, 0.15) is 34.2 Å². The molecule has 0 aliphatic heterocycles. The molecule has 6 aromatic rings. The molecule has 0 atom stereocenters. The zero-order valence-corrected chi connectivity index (χ0v) is 36.7. The van der Waals surface area contributed by atoms with Gasteiger partial charge >= 0.3 is 21.2 Å². The molecule has 26 nitrogen and oxygen atoms in total. The normalized spacial score (nSPS) is 11.0. The second-order valence-corrected chi connectivity index (χ2v) is 15.8. The predicted molar refractivity (Wildman–Crippen MR) is 218 cm³/mol. The quantitative estimate of drug-likeness (QED) is 0.0424. The largest absolute Gasteiger partial charge is 0.506 e. The summed E-state index contributed by atoms with van der Waals surface area (Å²) in [5, 5.41) is 78.6. The summed E-state index contributed by atoms with van der Waals surface area (Å²) in [6.07, 6.45) is 0. The van der Waals surface area contributed by atoms with Gasteiger partial charge in [-0.05, 0) is 84.3 Å². The van der Waals surface area contributed by atoms with E-state index in [1.165, 1.54) is 48.5 Å². The Bertz CT molecular complexity index is 3160. The maximum atomic E-state index is 11.3. The van der Waals surface area contributed by atoms with E-state index in [2.05, 4.69) is 20.5 Å². The van der Waals surface area contributed by atoms with Crippen LogP contribution in [0.3, 0.4) is 0 Å². The molecule has 0 spiro atoms. The molecule has 6 aromatic carbocycles. The standard InChI is InChI=1S/2C17H13N3O7S.Cr.2O3S/c2*1-9-6-12(28(25,26)27)7-10-2-4-13(17(22)16(9)10)18-19-14-8-11(20(23)24)3-5-15(14)21;;2*1-4(2)3/h2*2-8,21-22H,1H3,(H,25,26,27);;;. The van der Waals surface area contributed by atoms with Crippen molar-refractivity contribution in [2.24, 2.45) is 20.5 Å². The van der Waals surface area contributed by atoms with Crippen LogP contribution in [0.15, 0.2) is 115 Å². The van der Waals surface area contributed by atoms with Gasteiger partial charge in [0, 0.05) is 52.4 Å². The third kappa shape index (κ3) is 14.9. The van der Waals surface area contributed by atoms with Crippen molar-refractivity contribution in [1.29, 1.82) is 0 Å². The Morgan fingerprint density at radius 3 is 1.06 bits per heavy atom. The number of fused-ring (bicyclic) bond motifs is 2. The average Bonchev–Trinajstić information content (AvgIpc) is 3.17. The van der Waals surface area contributed by atoms with E-state index in [0.717, 1.165) is 36.4 Å². The summed E-state index contributed by atoms with van der Waals surface area (Å²) in [6, 6.07) is 16.9. The van der Waals surface area contributed by atoms with Crippen LogP contribution in [0, 0.1) is 34.1 Å². The van der Waals surface area contributed by atoms with E-state index in [4.69, 9.17) is 25.3 Å². The Labute approximate surface area is 377 Å². The van der Waals surface area contributed by atoms with Gasteiger partial charge in [-0.1, -0.05) is 12.1 Å². The number of azo groups is 2. The number of phenols is 4. The molecule has 0 amide bonds. The molecule has 6 N–H and O–H groups in total. The van der Waals surface area contributed by atoms with Gasteiger partial charge in [0.2, 0.25) is 0 Å². The molecule has 0 saturated heterocycles. The van der Waals surface area contributed by atoms with Crippen LogP contribution in [0.2, 0.25) is 0 Å². The van der Waals surface area contributed by atoms with E-state index in [1.54, 1.807) is 13.8 Å². The first kappa shape index (κ1) is 53.8. The molecule has 0 bridgehead atoms. The molecular formula is C34H26CrN6O20S4. The van der Waals surface area contributed by atoms with Gasteiger partial charge in [-0.15, -0.1) is 45.7 Å². The number of aromatic hydroxyl groups is 4. The Morgan fingerprint density at radius 2 is 0.785 bits per heavy atom. The fourth-order valence-corrected chi connectivity index (χ4v) is 6.51. The van der Waals surface area contributed by atoms with Gasteiger partial charge in [0.05, 0.1) is 19.6 Å². The number of nitro benzene ring substituents is 2. The average molecular weight is 1020 g/mol. The van der Waals surface area contributed by atoms with E-state index in [9.17, 15) is 66.6 Å². The zero-order chi connectivity index (χ0) is 48.4. The summed E-state index contributed by atoms with van der Waals surface area (Å²) >= 11 is 0. The molecule has 0 aliphatic carbocycles. The third-order valence-corrected chi connectivity index (χ3v) is 9.61. The number of hydrogen-bond donors (Lipinski definition) is 6. The van der Waals surface area contributed by atoms with Crippen LogP contribution in [-0.2, 0) is 58.8 Å². The van der Waals surface area contributed by atoms with Gasteiger partial charge in [-0.25, -0.2) is 0 Å². The maximum absolute atomic E-state index is 11.3. The smallest absolute Gasteiger partial charge is 0.425 e. The molecule has 0 heterocycles. The van der Waals surface area contributed by atoms with Crippen LogP contribution in [0.25, 0.3) is 21.5 Å². The summed E-state index contributed by atoms with van der Waals surface area (Å²) in [7, 11) is -15.0. The van der Waals surface area contributed by atoms with E-state index < -0.39 is 51.3 Å². The maximum Gasteiger partial charge on any atom is 0.425 e.